The number of amides is 5. The van der Waals surface area contributed by atoms with Crippen molar-refractivity contribution in [2.75, 3.05) is 19.6 Å². The summed E-state index contributed by atoms with van der Waals surface area (Å²) in [6.45, 7) is 9.72. The summed E-state index contributed by atoms with van der Waals surface area (Å²) in [5, 5.41) is 34.6. The summed E-state index contributed by atoms with van der Waals surface area (Å²) in [7, 11) is 0. The number of carbonyl (C=O) groups is 12. The summed E-state index contributed by atoms with van der Waals surface area (Å²) in [5.74, 6) is -11.3. The summed E-state index contributed by atoms with van der Waals surface area (Å²) < 4.78 is 30.7. The third kappa shape index (κ3) is 16.9. The van der Waals surface area contributed by atoms with E-state index in [4.69, 9.17) is 28.4 Å². The van der Waals surface area contributed by atoms with E-state index in [1.807, 2.05) is 0 Å². The van der Waals surface area contributed by atoms with Crippen LogP contribution in [0.3, 0.4) is 0 Å². The number of hydrogen-bond acceptors (Lipinski definition) is 21. The number of benzene rings is 4. The number of esters is 6. The van der Waals surface area contributed by atoms with Crippen LogP contribution in [0.1, 0.15) is 137 Å². The highest BCUT2D eigenvalue weighted by Crippen LogP contribution is 2.51. The van der Waals surface area contributed by atoms with Crippen LogP contribution in [0.2, 0.25) is 0 Å². The summed E-state index contributed by atoms with van der Waals surface area (Å²) >= 11 is 1.21. The van der Waals surface area contributed by atoms with Crippen LogP contribution in [0.4, 0.5) is 0 Å². The maximum Gasteiger partial charge on any atom is 0.327 e. The average molecular weight is 1210 g/mol. The number of carboxylic acid groups (broad SMARTS) is 1. The molecule has 0 aliphatic carbocycles. The molecule has 0 unspecified atom stereocenters. The molecule has 7 N–H and O–H groups in total. The molecule has 4 atom stereocenters. The third-order valence-corrected chi connectivity index (χ3v) is 15.0. The molecular formula is C59H66N6O20S. The number of nitrogens with zero attached hydrogens (tertiary/aromatic N) is 1. The molecule has 4 aromatic rings. The molecule has 0 aromatic heterocycles. The number of hydrogen-bond donors (Lipinski definition) is 7. The molecule has 0 radical (unpaired) electrons. The number of para-hydroxylation sites is 3. The van der Waals surface area contributed by atoms with E-state index in [0.717, 1.165) is 41.5 Å². The van der Waals surface area contributed by atoms with Crippen molar-refractivity contribution in [1.82, 2.24) is 31.5 Å². The first-order valence-corrected chi connectivity index (χ1v) is 27.9. The van der Waals surface area contributed by atoms with Crippen molar-refractivity contribution in [1.29, 1.82) is 0 Å². The Hall–Kier alpha value is -9.37. The van der Waals surface area contributed by atoms with Crippen molar-refractivity contribution in [3.63, 3.8) is 0 Å². The lowest BCUT2D eigenvalue weighted by Gasteiger charge is -2.44. The highest BCUT2D eigenvalue weighted by atomic mass is 32.2. The van der Waals surface area contributed by atoms with Crippen molar-refractivity contribution < 1.29 is 96.2 Å². The molecular weight excluding hydrogens is 1140 g/mol. The standard InChI is InChI=1S/C59H66N6O20S/c1-31(66)80-42-18-9-15-39(47(42)83-34(4)69)51(73)60-28-12-25-59(26-13-29-61-52(74)40-16-10-19-43(81-32(2)67)48(40)84-35(5)70,27-14-30-62-53(75)41-17-11-20-44(82-33(3)68)49(41)85-36(6)71)64-45(37-21-23-38(72)24-22-37)54(76)63-46-55(77)65-50(57(78)79)58(7,8)86-56(46)65/h9-11,15-24,45-46,50,56,64,72H,12-14,25-30H2,1-8H3,(H,60,73)(H,61,74)(H,62,75)(H,63,76)(H,78,79)/t45-,46-,50+,56-/m1/s1. The monoisotopic (exact) mass is 1210 g/mol. The largest absolute Gasteiger partial charge is 0.508 e. The van der Waals surface area contributed by atoms with Crippen LogP contribution >= 0.6 is 11.8 Å². The van der Waals surface area contributed by atoms with Gasteiger partial charge in [-0.3, -0.25) is 58.1 Å². The van der Waals surface area contributed by atoms with Crippen LogP contribution < -0.4 is 55.0 Å². The van der Waals surface area contributed by atoms with Crippen molar-refractivity contribution in [3.8, 4) is 40.2 Å². The third-order valence-electron chi connectivity index (χ3n) is 13.4. The molecule has 5 amide bonds. The Labute approximate surface area is 497 Å². The minimum absolute atomic E-state index is 0.0759. The van der Waals surface area contributed by atoms with Crippen LogP contribution in [-0.4, -0.2) is 134 Å². The molecule has 2 fully saturated rings. The van der Waals surface area contributed by atoms with Gasteiger partial charge in [0.1, 0.15) is 29.2 Å². The molecule has 4 aromatic carbocycles. The Kier molecular flexibility index (Phi) is 22.1. The molecule has 0 spiro atoms. The Morgan fingerprint density at radius 2 is 0.919 bits per heavy atom. The van der Waals surface area contributed by atoms with Gasteiger partial charge in [-0.25, -0.2) is 4.79 Å². The zero-order chi connectivity index (χ0) is 63.2. The fourth-order valence-corrected chi connectivity index (χ4v) is 11.6. The lowest BCUT2D eigenvalue weighted by Crippen LogP contribution is -2.71. The molecule has 2 heterocycles. The maximum absolute atomic E-state index is 15.1. The lowest BCUT2D eigenvalue weighted by atomic mass is 9.82. The van der Waals surface area contributed by atoms with Crippen molar-refractivity contribution in [3.05, 3.63) is 101 Å². The summed E-state index contributed by atoms with van der Waals surface area (Å²) in [4.78, 5) is 157. The van der Waals surface area contributed by atoms with E-state index in [1.54, 1.807) is 13.8 Å². The number of carbonyl (C=O) groups excluding carboxylic acids is 11. The van der Waals surface area contributed by atoms with E-state index < -0.39 is 105 Å². The van der Waals surface area contributed by atoms with E-state index in [-0.39, 0.29) is 121 Å². The number of carboxylic acids is 1. The number of nitrogens with one attached hydrogen (secondary N) is 5. The normalized spacial score (nSPS) is 15.9. The quantitative estimate of drug-likeness (QED) is 0.0186. The Morgan fingerprint density at radius 3 is 1.26 bits per heavy atom. The van der Waals surface area contributed by atoms with Gasteiger partial charge in [-0.05, 0) is 106 Å². The van der Waals surface area contributed by atoms with Crippen LogP contribution in [0.25, 0.3) is 0 Å². The maximum atomic E-state index is 15.1. The molecule has 2 aliphatic rings. The number of phenolic OH excluding ortho intramolecular Hbond substituents is 1. The predicted molar refractivity (Wildman–Crippen MR) is 304 cm³/mol. The van der Waals surface area contributed by atoms with Crippen LogP contribution in [0.5, 0.6) is 40.2 Å². The number of ether oxygens (including phenoxy) is 6. The second-order valence-electron chi connectivity index (χ2n) is 20.6. The minimum atomic E-state index is -1.37. The molecule has 458 valence electrons. The number of thioether (sulfide) groups is 1. The first-order chi connectivity index (χ1) is 40.6. The number of phenols is 1. The molecule has 86 heavy (non-hydrogen) atoms. The Morgan fingerprint density at radius 1 is 0.558 bits per heavy atom. The fourth-order valence-electron chi connectivity index (χ4n) is 9.96. The number of rotatable bonds is 27. The number of aliphatic carboxylic acids is 1. The Balaban J connectivity index is 1.38. The fraction of sp³-hybridized carbons (Fsp3) is 0.390. The molecule has 0 bridgehead atoms. The van der Waals surface area contributed by atoms with Crippen LogP contribution in [0.15, 0.2) is 78.9 Å². The van der Waals surface area contributed by atoms with Crippen molar-refractivity contribution >= 4 is 83.1 Å². The zero-order valence-electron chi connectivity index (χ0n) is 48.3. The topological polar surface area (TPSA) is 364 Å². The van der Waals surface area contributed by atoms with E-state index >= 15 is 4.79 Å². The van der Waals surface area contributed by atoms with Gasteiger partial charge < -0.3 is 64.8 Å². The summed E-state index contributed by atoms with van der Waals surface area (Å²) in [5.41, 5.74) is -1.48. The molecule has 2 saturated heterocycles. The molecule has 0 saturated carbocycles. The van der Waals surface area contributed by atoms with Gasteiger partial charge in [0.25, 0.3) is 17.7 Å². The zero-order valence-corrected chi connectivity index (χ0v) is 49.1. The summed E-state index contributed by atoms with van der Waals surface area (Å²) in [6, 6.07) is 14.1. The minimum Gasteiger partial charge on any atom is -0.508 e. The van der Waals surface area contributed by atoms with E-state index in [1.165, 1.54) is 95.5 Å². The summed E-state index contributed by atoms with van der Waals surface area (Å²) in [6.07, 6.45) is 0.554. The number of fused-ring (bicyclic) bond motifs is 1. The smallest absolute Gasteiger partial charge is 0.327 e. The van der Waals surface area contributed by atoms with Gasteiger partial charge in [0, 0.05) is 71.5 Å². The molecule has 27 heteroatoms. The van der Waals surface area contributed by atoms with Crippen molar-refractivity contribution in [2.45, 2.75) is 128 Å². The van der Waals surface area contributed by atoms with Crippen LogP contribution in [-0.2, 0) is 43.2 Å². The molecule has 26 nitrogen and oxygen atoms in total. The first kappa shape index (κ1) is 65.8. The van der Waals surface area contributed by atoms with Gasteiger partial charge in [-0.2, -0.15) is 0 Å². The second kappa shape index (κ2) is 28.9. The number of aromatic hydroxyl groups is 1. The highest BCUT2D eigenvalue weighted by Gasteiger charge is 2.64. The van der Waals surface area contributed by atoms with E-state index in [0.29, 0.717) is 0 Å². The van der Waals surface area contributed by atoms with Gasteiger partial charge in [-0.15, -0.1) is 11.8 Å². The van der Waals surface area contributed by atoms with Gasteiger partial charge in [0.15, 0.2) is 34.5 Å². The molecule has 2 aliphatic heterocycles. The van der Waals surface area contributed by atoms with Gasteiger partial charge in [0.05, 0.1) is 16.7 Å². The van der Waals surface area contributed by atoms with Gasteiger partial charge in [-0.1, -0.05) is 30.3 Å². The van der Waals surface area contributed by atoms with Gasteiger partial charge >= 0.3 is 41.8 Å². The van der Waals surface area contributed by atoms with Gasteiger partial charge in [0.2, 0.25) is 11.8 Å². The van der Waals surface area contributed by atoms with Crippen LogP contribution in [0, 0.1) is 0 Å². The SMILES string of the molecule is CC(=O)Oc1cccc(C(=O)NCCCC(CCCNC(=O)c2cccc(OC(C)=O)c2OC(C)=O)(CCCNC(=O)c2cccc(OC(C)=O)c2OC(C)=O)N[C@@H](C(=O)N[C@@H]2C(=O)N3[C@@H]2SC(C)(C)[C@@H]3C(=O)O)c2ccc(O)cc2)c1OC(C)=O. The van der Waals surface area contributed by atoms with E-state index in [2.05, 4.69) is 26.6 Å². The predicted octanol–water partition coefficient (Wildman–Crippen LogP) is 4.58. The van der Waals surface area contributed by atoms with Crippen molar-refractivity contribution in [2.24, 2.45) is 0 Å². The Bertz CT molecular complexity index is 3070. The highest BCUT2D eigenvalue weighted by molar-refractivity contribution is 8.01. The lowest BCUT2D eigenvalue weighted by molar-refractivity contribution is -0.161. The number of β-lactam (4-membered cyclic amide) rings is 1. The second-order valence-corrected chi connectivity index (χ2v) is 22.3. The van der Waals surface area contributed by atoms with E-state index in [9.17, 15) is 63.0 Å². The first-order valence-electron chi connectivity index (χ1n) is 27.1. The average Bonchev–Trinajstić information content (AvgIpc) is 1.70. The molecule has 6 rings (SSSR count).